The van der Waals surface area contributed by atoms with E-state index in [1.54, 1.807) is 0 Å². The van der Waals surface area contributed by atoms with Crippen LogP contribution in [0.5, 0.6) is 5.75 Å². The minimum Gasteiger partial charge on any atom is -0.493 e. The Morgan fingerprint density at radius 1 is 0.857 bits per heavy atom. The molecule has 0 saturated carbocycles. The molecule has 0 fully saturated rings. The van der Waals surface area contributed by atoms with Crippen molar-refractivity contribution in [2.24, 2.45) is 5.92 Å². The first-order valence-electron chi connectivity index (χ1n) is 9.62. The van der Waals surface area contributed by atoms with Gasteiger partial charge in [-0.3, -0.25) is 9.59 Å². The number of amides is 2. The Morgan fingerprint density at radius 2 is 1.39 bits per heavy atom. The fourth-order valence-corrected chi connectivity index (χ4v) is 2.41. The molecular formula is C22H29N3O3. The molecule has 0 aliphatic rings. The molecule has 6 nitrogen and oxygen atoms in total. The van der Waals surface area contributed by atoms with Crippen LogP contribution in [-0.2, 0) is 9.59 Å². The van der Waals surface area contributed by atoms with E-state index in [4.69, 9.17) is 4.74 Å². The maximum absolute atomic E-state index is 12.1. The summed E-state index contributed by atoms with van der Waals surface area (Å²) >= 11 is 0. The van der Waals surface area contributed by atoms with E-state index < -0.39 is 0 Å². The molecule has 0 spiro atoms. The highest BCUT2D eigenvalue weighted by atomic mass is 16.5. The second-order valence-electron chi connectivity index (χ2n) is 7.01. The zero-order chi connectivity index (χ0) is 20.4. The lowest BCUT2D eigenvalue weighted by molar-refractivity contribution is -0.116. The maximum Gasteiger partial charge on any atom is 0.243 e. The summed E-state index contributed by atoms with van der Waals surface area (Å²) in [5.41, 5.74) is 2.27. The number of ether oxygens (including phenoxy) is 1. The van der Waals surface area contributed by atoms with Gasteiger partial charge in [0.05, 0.1) is 13.2 Å². The lowest BCUT2D eigenvalue weighted by Gasteiger charge is -2.11. The second-order valence-corrected chi connectivity index (χ2v) is 7.01. The van der Waals surface area contributed by atoms with Crippen molar-refractivity contribution < 1.29 is 14.3 Å². The lowest BCUT2D eigenvalue weighted by Crippen LogP contribution is -2.21. The normalized spacial score (nSPS) is 10.4. The van der Waals surface area contributed by atoms with Crippen molar-refractivity contribution in [1.29, 1.82) is 0 Å². The molecule has 0 aliphatic carbocycles. The van der Waals surface area contributed by atoms with E-state index in [0.29, 0.717) is 18.9 Å². The highest BCUT2D eigenvalue weighted by Crippen LogP contribution is 2.17. The van der Waals surface area contributed by atoms with Gasteiger partial charge in [-0.25, -0.2) is 0 Å². The van der Waals surface area contributed by atoms with E-state index in [0.717, 1.165) is 29.2 Å². The van der Waals surface area contributed by atoms with E-state index in [9.17, 15) is 9.59 Å². The van der Waals surface area contributed by atoms with Gasteiger partial charge in [-0.15, -0.1) is 0 Å². The molecule has 0 atom stereocenters. The van der Waals surface area contributed by atoms with E-state index in [1.165, 1.54) is 0 Å². The number of nitrogens with one attached hydrogen (secondary N) is 3. The van der Waals surface area contributed by atoms with Crippen LogP contribution >= 0.6 is 0 Å². The topological polar surface area (TPSA) is 79.5 Å². The Bertz CT molecular complexity index is 756. The zero-order valence-corrected chi connectivity index (χ0v) is 16.7. The summed E-state index contributed by atoms with van der Waals surface area (Å²) in [5, 5.41) is 8.74. The van der Waals surface area contributed by atoms with Crippen molar-refractivity contribution in [2.75, 3.05) is 29.1 Å². The van der Waals surface area contributed by atoms with E-state index >= 15 is 0 Å². The molecule has 2 rings (SSSR count). The third-order valence-corrected chi connectivity index (χ3v) is 3.82. The summed E-state index contributed by atoms with van der Waals surface area (Å²) in [6.45, 7) is 6.96. The van der Waals surface area contributed by atoms with Crippen molar-refractivity contribution in [2.45, 2.75) is 33.6 Å². The molecular weight excluding hydrogens is 354 g/mol. The summed E-state index contributed by atoms with van der Waals surface area (Å²) < 4.78 is 5.63. The van der Waals surface area contributed by atoms with Gasteiger partial charge in [0, 0.05) is 23.5 Å². The molecule has 0 aromatic heterocycles. The van der Waals surface area contributed by atoms with Gasteiger partial charge >= 0.3 is 0 Å². The molecule has 0 heterocycles. The van der Waals surface area contributed by atoms with Crippen LogP contribution in [0.4, 0.5) is 17.1 Å². The Kier molecular flexibility index (Phi) is 8.34. The molecule has 28 heavy (non-hydrogen) atoms. The summed E-state index contributed by atoms with van der Waals surface area (Å²) in [5.74, 6) is 1.11. The van der Waals surface area contributed by atoms with Gasteiger partial charge in [-0.05, 0) is 60.9 Å². The average Bonchev–Trinajstić information content (AvgIpc) is 2.67. The average molecular weight is 383 g/mol. The molecule has 0 bridgehead atoms. The molecule has 150 valence electrons. The molecule has 2 amide bonds. The highest BCUT2D eigenvalue weighted by Gasteiger charge is 2.04. The molecule has 2 aromatic rings. The van der Waals surface area contributed by atoms with Gasteiger partial charge in [0.25, 0.3) is 0 Å². The quantitative estimate of drug-likeness (QED) is 0.564. The van der Waals surface area contributed by atoms with Crippen molar-refractivity contribution in [3.05, 3.63) is 48.5 Å². The van der Waals surface area contributed by atoms with Gasteiger partial charge in [0.1, 0.15) is 5.75 Å². The molecule has 0 aliphatic heterocycles. The van der Waals surface area contributed by atoms with Crippen molar-refractivity contribution in [1.82, 2.24) is 0 Å². The molecule has 6 heteroatoms. The number of hydrogen-bond donors (Lipinski definition) is 3. The number of hydrogen-bond acceptors (Lipinski definition) is 4. The molecule has 0 saturated heterocycles. The number of anilines is 3. The fourth-order valence-electron chi connectivity index (χ4n) is 2.41. The van der Waals surface area contributed by atoms with Crippen LogP contribution < -0.4 is 20.7 Å². The van der Waals surface area contributed by atoms with Gasteiger partial charge < -0.3 is 20.7 Å². The summed E-state index contributed by atoms with van der Waals surface area (Å²) in [4.78, 5) is 23.7. The van der Waals surface area contributed by atoms with Crippen LogP contribution in [0.15, 0.2) is 48.5 Å². The number of carbonyl (C=O) groups excluding carboxylic acids is 2. The van der Waals surface area contributed by atoms with Gasteiger partial charge in [0.15, 0.2) is 0 Å². The number of benzene rings is 2. The Labute approximate surface area is 166 Å². The minimum atomic E-state index is -0.142. The summed E-state index contributed by atoms with van der Waals surface area (Å²) in [7, 11) is 0. The lowest BCUT2D eigenvalue weighted by atomic mass is 10.2. The standard InChI is InChI=1S/C22H29N3O3/c1-4-5-21(26)24-18-8-6-17(7-9-18)23-14-22(27)25-19-10-12-20(13-11-19)28-15-16(2)3/h6-13,16,23H,4-5,14-15H2,1-3H3,(H,24,26)(H,25,27). The van der Waals surface area contributed by atoms with Crippen LogP contribution in [0.3, 0.4) is 0 Å². The van der Waals surface area contributed by atoms with Gasteiger partial charge in [-0.2, -0.15) is 0 Å². The SMILES string of the molecule is CCCC(=O)Nc1ccc(NCC(=O)Nc2ccc(OCC(C)C)cc2)cc1. The number of rotatable bonds is 10. The fraction of sp³-hybridized carbons (Fsp3) is 0.364. The summed E-state index contributed by atoms with van der Waals surface area (Å²) in [6, 6.07) is 14.6. The Morgan fingerprint density at radius 3 is 1.96 bits per heavy atom. The Hall–Kier alpha value is -3.02. The van der Waals surface area contributed by atoms with Crippen LogP contribution in [-0.4, -0.2) is 25.0 Å². The largest absolute Gasteiger partial charge is 0.493 e. The predicted molar refractivity (Wildman–Crippen MR) is 114 cm³/mol. The summed E-state index contributed by atoms with van der Waals surface area (Å²) in [6.07, 6.45) is 1.32. The van der Waals surface area contributed by atoms with Crippen molar-refractivity contribution in [3.8, 4) is 5.75 Å². The van der Waals surface area contributed by atoms with Gasteiger partial charge in [-0.1, -0.05) is 20.8 Å². The molecule has 2 aromatic carbocycles. The van der Waals surface area contributed by atoms with Crippen molar-refractivity contribution in [3.63, 3.8) is 0 Å². The zero-order valence-electron chi connectivity index (χ0n) is 16.7. The van der Waals surface area contributed by atoms with Crippen LogP contribution in [0.25, 0.3) is 0 Å². The molecule has 3 N–H and O–H groups in total. The Balaban J connectivity index is 1.76. The molecule has 0 unspecified atom stereocenters. The first kappa shape index (κ1) is 21.3. The van der Waals surface area contributed by atoms with E-state index in [2.05, 4.69) is 29.8 Å². The van der Waals surface area contributed by atoms with Crippen LogP contribution in [0.1, 0.15) is 33.6 Å². The van der Waals surface area contributed by atoms with Crippen LogP contribution in [0, 0.1) is 5.92 Å². The number of carbonyl (C=O) groups is 2. The smallest absolute Gasteiger partial charge is 0.243 e. The highest BCUT2D eigenvalue weighted by molar-refractivity contribution is 5.94. The first-order chi connectivity index (χ1) is 13.5. The van der Waals surface area contributed by atoms with Crippen molar-refractivity contribution >= 4 is 28.9 Å². The first-order valence-corrected chi connectivity index (χ1v) is 9.62. The van der Waals surface area contributed by atoms with E-state index in [-0.39, 0.29) is 18.4 Å². The van der Waals surface area contributed by atoms with Gasteiger partial charge in [0.2, 0.25) is 11.8 Å². The second kappa shape index (κ2) is 11.0. The monoisotopic (exact) mass is 383 g/mol. The van der Waals surface area contributed by atoms with Crippen LogP contribution in [0.2, 0.25) is 0 Å². The minimum absolute atomic E-state index is 0.00297. The third kappa shape index (κ3) is 7.70. The van der Waals surface area contributed by atoms with E-state index in [1.807, 2.05) is 55.5 Å². The maximum atomic E-state index is 12.1. The third-order valence-electron chi connectivity index (χ3n) is 3.82. The molecule has 0 radical (unpaired) electrons. The predicted octanol–water partition coefficient (Wildman–Crippen LogP) is 4.51.